The van der Waals surface area contributed by atoms with Gasteiger partial charge in [-0.25, -0.2) is 13.2 Å². The van der Waals surface area contributed by atoms with Gasteiger partial charge in [-0.3, -0.25) is 0 Å². The third-order valence-electron chi connectivity index (χ3n) is 2.80. The van der Waals surface area contributed by atoms with Crippen LogP contribution in [-0.4, -0.2) is 20.6 Å². The number of ether oxygens (including phenoxy) is 1. The first-order chi connectivity index (χ1) is 9.86. The lowest BCUT2D eigenvalue weighted by atomic mass is 10.2. The summed E-state index contributed by atoms with van der Waals surface area (Å²) in [6.07, 6.45) is 1.12. The zero-order valence-electron chi connectivity index (χ0n) is 11.2. The summed E-state index contributed by atoms with van der Waals surface area (Å²) in [7, 11) is -3.26. The lowest BCUT2D eigenvalue weighted by Gasteiger charge is -2.06. The van der Waals surface area contributed by atoms with E-state index in [0.717, 1.165) is 16.3 Å². The lowest BCUT2D eigenvalue weighted by Crippen LogP contribution is -2.06. The van der Waals surface area contributed by atoms with Crippen LogP contribution in [0.4, 0.5) is 0 Å². The molecule has 0 heterocycles. The van der Waals surface area contributed by atoms with E-state index in [1.807, 2.05) is 24.3 Å². The van der Waals surface area contributed by atoms with E-state index < -0.39 is 15.8 Å². The molecule has 0 saturated heterocycles. The molecule has 0 bridgehead atoms. The minimum Gasteiger partial charge on any atom is -0.457 e. The number of hydrogen-bond acceptors (Lipinski definition) is 4. The normalized spacial score (nSPS) is 11.1. The average molecular weight is 369 g/mol. The van der Waals surface area contributed by atoms with E-state index >= 15 is 0 Å². The molecule has 21 heavy (non-hydrogen) atoms. The van der Waals surface area contributed by atoms with Crippen molar-refractivity contribution in [3.8, 4) is 0 Å². The predicted octanol–water partition coefficient (Wildman–Crippen LogP) is 3.21. The molecular weight excluding hydrogens is 356 g/mol. The number of rotatable bonds is 4. The molecule has 110 valence electrons. The van der Waals surface area contributed by atoms with Crippen LogP contribution in [-0.2, 0) is 21.2 Å². The molecular formula is C15H13BrO4S. The molecule has 0 aliphatic rings. The predicted molar refractivity (Wildman–Crippen MR) is 82.8 cm³/mol. The number of carbonyl (C=O) groups excluding carboxylic acids is 1. The van der Waals surface area contributed by atoms with Crippen molar-refractivity contribution in [1.82, 2.24) is 0 Å². The van der Waals surface area contributed by atoms with Crippen molar-refractivity contribution in [1.29, 1.82) is 0 Å². The summed E-state index contributed by atoms with van der Waals surface area (Å²) in [5.41, 5.74) is 1.19. The molecule has 0 fully saturated rings. The van der Waals surface area contributed by atoms with E-state index in [9.17, 15) is 13.2 Å². The first kappa shape index (κ1) is 15.7. The molecule has 6 heteroatoms. The van der Waals surface area contributed by atoms with Crippen LogP contribution >= 0.6 is 15.9 Å². The fraction of sp³-hybridized carbons (Fsp3) is 0.133. The summed E-state index contributed by atoms with van der Waals surface area (Å²) in [5, 5.41) is 0. The van der Waals surface area contributed by atoms with Crippen LogP contribution in [0.1, 0.15) is 15.9 Å². The molecule has 0 atom stereocenters. The SMILES string of the molecule is CS(=O)(=O)c1ccc(C(=O)OCc2ccc(Br)cc2)cc1. The summed E-state index contributed by atoms with van der Waals surface area (Å²) >= 11 is 3.33. The van der Waals surface area contributed by atoms with Crippen LogP contribution in [0.2, 0.25) is 0 Å². The zero-order valence-corrected chi connectivity index (χ0v) is 13.6. The first-order valence-corrected chi connectivity index (χ1v) is 8.76. The highest BCUT2D eigenvalue weighted by Crippen LogP contribution is 2.14. The quantitative estimate of drug-likeness (QED) is 0.777. The van der Waals surface area contributed by atoms with Crippen molar-refractivity contribution >= 4 is 31.7 Å². The molecule has 0 aliphatic heterocycles. The van der Waals surface area contributed by atoms with Gasteiger partial charge in [0.05, 0.1) is 10.5 Å². The smallest absolute Gasteiger partial charge is 0.338 e. The second-order valence-electron chi connectivity index (χ2n) is 4.50. The number of sulfone groups is 1. The Morgan fingerprint density at radius 3 is 2.14 bits per heavy atom. The van der Waals surface area contributed by atoms with E-state index in [2.05, 4.69) is 15.9 Å². The molecule has 0 unspecified atom stereocenters. The maximum Gasteiger partial charge on any atom is 0.338 e. The molecule has 0 N–H and O–H groups in total. The second-order valence-corrected chi connectivity index (χ2v) is 7.43. The van der Waals surface area contributed by atoms with Crippen molar-refractivity contribution in [3.63, 3.8) is 0 Å². The number of carbonyl (C=O) groups is 1. The summed E-state index contributed by atoms with van der Waals surface area (Å²) in [5.74, 6) is -0.488. The number of halogens is 1. The highest BCUT2D eigenvalue weighted by atomic mass is 79.9. The number of esters is 1. The lowest BCUT2D eigenvalue weighted by molar-refractivity contribution is 0.0472. The van der Waals surface area contributed by atoms with Gasteiger partial charge < -0.3 is 4.74 Å². The zero-order chi connectivity index (χ0) is 15.5. The van der Waals surface area contributed by atoms with E-state index in [-0.39, 0.29) is 11.5 Å². The topological polar surface area (TPSA) is 60.4 Å². The summed E-state index contributed by atoms with van der Waals surface area (Å²) < 4.78 is 28.8. The van der Waals surface area contributed by atoms with E-state index in [1.54, 1.807) is 0 Å². The molecule has 0 spiro atoms. The summed E-state index contributed by atoms with van der Waals surface area (Å²) in [6, 6.07) is 13.1. The Balaban J connectivity index is 2.02. The Kier molecular flexibility index (Phi) is 4.80. The standard InChI is InChI=1S/C15H13BrO4S/c1-21(18,19)14-8-4-12(5-9-14)15(17)20-10-11-2-6-13(16)7-3-11/h2-9H,10H2,1H3. The third kappa shape index (κ3) is 4.41. The molecule has 2 rings (SSSR count). The van der Waals surface area contributed by atoms with Crippen LogP contribution < -0.4 is 0 Å². The van der Waals surface area contributed by atoms with Crippen molar-refractivity contribution in [2.45, 2.75) is 11.5 Å². The molecule has 0 radical (unpaired) electrons. The van der Waals surface area contributed by atoms with Crippen molar-refractivity contribution in [3.05, 3.63) is 64.1 Å². The Labute approximate surface area is 131 Å². The largest absolute Gasteiger partial charge is 0.457 e. The third-order valence-corrected chi connectivity index (χ3v) is 4.46. The van der Waals surface area contributed by atoms with Crippen LogP contribution in [0.25, 0.3) is 0 Å². The monoisotopic (exact) mass is 368 g/mol. The Bertz CT molecular complexity index is 734. The number of benzene rings is 2. The highest BCUT2D eigenvalue weighted by molar-refractivity contribution is 9.10. The Hall–Kier alpha value is -1.66. The van der Waals surface area contributed by atoms with Crippen molar-refractivity contribution < 1.29 is 17.9 Å². The van der Waals surface area contributed by atoms with E-state index in [4.69, 9.17) is 4.74 Å². The first-order valence-electron chi connectivity index (χ1n) is 6.08. The van der Waals surface area contributed by atoms with E-state index in [0.29, 0.717) is 5.56 Å². The molecule has 0 aliphatic carbocycles. The fourth-order valence-electron chi connectivity index (χ4n) is 1.65. The highest BCUT2D eigenvalue weighted by Gasteiger charge is 2.11. The summed E-state index contributed by atoms with van der Waals surface area (Å²) in [6.45, 7) is 0.167. The Morgan fingerprint density at radius 1 is 1.05 bits per heavy atom. The maximum absolute atomic E-state index is 11.9. The van der Waals surface area contributed by atoms with Crippen LogP contribution in [0.15, 0.2) is 57.9 Å². The van der Waals surface area contributed by atoms with Gasteiger partial charge in [0.1, 0.15) is 6.61 Å². The van der Waals surface area contributed by atoms with Gasteiger partial charge in [0.15, 0.2) is 9.84 Å². The molecule has 0 saturated carbocycles. The van der Waals surface area contributed by atoms with Gasteiger partial charge in [0.2, 0.25) is 0 Å². The van der Waals surface area contributed by atoms with Crippen molar-refractivity contribution in [2.75, 3.05) is 6.26 Å². The second kappa shape index (κ2) is 6.41. The summed E-state index contributed by atoms with van der Waals surface area (Å²) in [4.78, 5) is 12.0. The number of hydrogen-bond donors (Lipinski definition) is 0. The minimum absolute atomic E-state index is 0.167. The van der Waals surface area contributed by atoms with Gasteiger partial charge in [0, 0.05) is 10.7 Å². The van der Waals surface area contributed by atoms with Gasteiger partial charge in [-0.05, 0) is 42.0 Å². The van der Waals surface area contributed by atoms with Gasteiger partial charge in [-0.2, -0.15) is 0 Å². The van der Waals surface area contributed by atoms with E-state index in [1.165, 1.54) is 24.3 Å². The molecule has 2 aromatic rings. The fourth-order valence-corrected chi connectivity index (χ4v) is 2.55. The Morgan fingerprint density at radius 2 is 1.62 bits per heavy atom. The molecule has 4 nitrogen and oxygen atoms in total. The van der Waals surface area contributed by atoms with Gasteiger partial charge >= 0.3 is 5.97 Å². The van der Waals surface area contributed by atoms with Gasteiger partial charge in [-0.1, -0.05) is 28.1 Å². The van der Waals surface area contributed by atoms with Crippen LogP contribution in [0.3, 0.4) is 0 Å². The van der Waals surface area contributed by atoms with Gasteiger partial charge in [-0.15, -0.1) is 0 Å². The van der Waals surface area contributed by atoms with Crippen molar-refractivity contribution in [2.24, 2.45) is 0 Å². The molecule has 2 aromatic carbocycles. The van der Waals surface area contributed by atoms with Gasteiger partial charge in [0.25, 0.3) is 0 Å². The minimum atomic E-state index is -3.26. The van der Waals surface area contributed by atoms with Crippen LogP contribution in [0, 0.1) is 0 Å². The average Bonchev–Trinajstić information content (AvgIpc) is 2.45. The maximum atomic E-state index is 11.9. The van der Waals surface area contributed by atoms with Crippen LogP contribution in [0.5, 0.6) is 0 Å². The molecule has 0 amide bonds. The molecule has 0 aromatic heterocycles.